The molecule has 2 aromatic heterocycles. The number of pyridine rings is 1. The van der Waals surface area contributed by atoms with Crippen molar-refractivity contribution in [3.05, 3.63) is 106 Å². The number of anilines is 2. The molecule has 2 saturated heterocycles. The van der Waals surface area contributed by atoms with E-state index in [0.717, 1.165) is 49.6 Å². The van der Waals surface area contributed by atoms with E-state index in [1.165, 1.54) is 49.1 Å². The number of amides is 1. The van der Waals surface area contributed by atoms with Crippen molar-refractivity contribution in [2.24, 2.45) is 5.41 Å². The maximum Gasteiger partial charge on any atom is 0.297 e. The number of ether oxygens (including phenoxy) is 3. The number of sulfonamides is 1. The van der Waals surface area contributed by atoms with Crippen LogP contribution in [0.5, 0.6) is 17.2 Å². The predicted octanol–water partition coefficient (Wildman–Crippen LogP) is 8.69. The van der Waals surface area contributed by atoms with Gasteiger partial charge < -0.3 is 29.4 Å². The number of nitrogens with one attached hydrogen (secondary N) is 3. The Kier molecular flexibility index (Phi) is 11.6. The SMILES string of the molecule is CC(C)OCC1COc2cc(S(=O)(=O)NC(=O)c3ccc(N4CCC5(CC4)CC(N4CCCC4c4ccccc4C(C)C)C5)cc3Oc3cnc4[nH]ccc4c3)cc([N+](=O)[O-])c2N1. The molecule has 3 fully saturated rings. The van der Waals surface area contributed by atoms with Gasteiger partial charge in [-0.2, -0.15) is 0 Å². The first kappa shape index (κ1) is 42.6. The van der Waals surface area contributed by atoms with Crippen LogP contribution in [0.4, 0.5) is 17.1 Å². The molecule has 0 radical (unpaired) electrons. The van der Waals surface area contributed by atoms with Gasteiger partial charge in [-0.15, -0.1) is 0 Å². The largest absolute Gasteiger partial charge is 0.489 e. The van der Waals surface area contributed by atoms with Crippen LogP contribution in [0.2, 0.25) is 0 Å². The summed E-state index contributed by atoms with van der Waals surface area (Å²) in [5.74, 6) is 0.00413. The normalized spacial score (nSPS) is 20.1. The molecule has 4 aliphatic rings. The number of nitrogens with zero attached hydrogens (tertiary/aromatic N) is 4. The molecule has 15 nitrogen and oxygen atoms in total. The zero-order valence-electron chi connectivity index (χ0n) is 36.1. The molecule has 1 spiro atoms. The first-order chi connectivity index (χ1) is 30.3. The van der Waals surface area contributed by atoms with Gasteiger partial charge in [0.1, 0.15) is 23.8 Å². The summed E-state index contributed by atoms with van der Waals surface area (Å²) in [5, 5.41) is 16.0. The molecule has 5 aromatic rings. The molecule has 63 heavy (non-hydrogen) atoms. The van der Waals surface area contributed by atoms with Crippen molar-refractivity contribution in [1.82, 2.24) is 19.6 Å². The van der Waals surface area contributed by atoms with Crippen LogP contribution >= 0.6 is 0 Å². The number of carbonyl (C=O) groups excluding carboxylic acids is 1. The first-order valence-corrected chi connectivity index (χ1v) is 23.5. The van der Waals surface area contributed by atoms with Gasteiger partial charge in [0.05, 0.1) is 40.3 Å². The summed E-state index contributed by atoms with van der Waals surface area (Å²) < 4.78 is 47.6. The fourth-order valence-corrected chi connectivity index (χ4v) is 11.0. The van der Waals surface area contributed by atoms with Crippen LogP contribution in [0, 0.1) is 15.5 Å². The number of rotatable bonds is 13. The van der Waals surface area contributed by atoms with E-state index < -0.39 is 37.5 Å². The number of hydrogen-bond acceptors (Lipinski definition) is 12. The monoisotopic (exact) mass is 877 g/mol. The van der Waals surface area contributed by atoms with Gasteiger partial charge in [0.15, 0.2) is 11.4 Å². The number of fused-ring (bicyclic) bond motifs is 2. The van der Waals surface area contributed by atoms with Crippen LogP contribution in [0.15, 0.2) is 84.0 Å². The van der Waals surface area contributed by atoms with E-state index in [4.69, 9.17) is 14.2 Å². The van der Waals surface area contributed by atoms with Gasteiger partial charge in [-0.05, 0) is 106 Å². The number of likely N-dealkylation sites (tertiary alicyclic amines) is 1. The fourth-order valence-electron chi connectivity index (χ4n) is 10.0. The summed E-state index contributed by atoms with van der Waals surface area (Å²) in [6.07, 6.45) is 10.2. The second-order valence-electron chi connectivity index (χ2n) is 18.1. The van der Waals surface area contributed by atoms with Crippen molar-refractivity contribution in [3.8, 4) is 17.2 Å². The lowest BCUT2D eigenvalue weighted by atomic mass is 9.59. The number of carbonyl (C=O) groups is 1. The highest BCUT2D eigenvalue weighted by atomic mass is 32.2. The molecule has 9 rings (SSSR count). The van der Waals surface area contributed by atoms with Crippen molar-refractivity contribution >= 4 is 44.0 Å². The summed E-state index contributed by atoms with van der Waals surface area (Å²) >= 11 is 0. The molecule has 16 heteroatoms. The number of aromatic amines is 1. The second-order valence-corrected chi connectivity index (χ2v) is 19.8. The molecular weight excluding hydrogens is 823 g/mol. The number of aromatic nitrogens is 2. The molecule has 3 aliphatic heterocycles. The maximum absolute atomic E-state index is 14.0. The van der Waals surface area contributed by atoms with Crippen LogP contribution in [0.1, 0.15) is 99.7 Å². The lowest BCUT2D eigenvalue weighted by molar-refractivity contribution is -0.384. The van der Waals surface area contributed by atoms with Crippen LogP contribution in [0.25, 0.3) is 11.0 Å². The number of nitro benzene ring substituents is 1. The molecule has 0 bridgehead atoms. The van der Waals surface area contributed by atoms with Gasteiger partial charge in [-0.25, -0.2) is 18.1 Å². The third-order valence-corrected chi connectivity index (χ3v) is 14.6. The molecule has 1 saturated carbocycles. The number of hydrogen-bond donors (Lipinski definition) is 3. The van der Waals surface area contributed by atoms with Crippen molar-refractivity contribution < 1.29 is 32.3 Å². The van der Waals surface area contributed by atoms with Crippen LogP contribution in [-0.2, 0) is 14.8 Å². The Labute approximate surface area is 367 Å². The van der Waals surface area contributed by atoms with E-state index in [1.54, 1.807) is 24.4 Å². The average molecular weight is 878 g/mol. The van der Waals surface area contributed by atoms with Gasteiger partial charge in [-0.3, -0.25) is 19.8 Å². The van der Waals surface area contributed by atoms with Gasteiger partial charge in [0.25, 0.3) is 21.6 Å². The number of benzene rings is 3. The lowest BCUT2D eigenvalue weighted by Crippen LogP contribution is -2.54. The Hall–Kier alpha value is -5.71. The summed E-state index contributed by atoms with van der Waals surface area (Å²) in [6, 6.07) is 20.5. The highest BCUT2D eigenvalue weighted by Crippen LogP contribution is 2.54. The molecule has 332 valence electrons. The van der Waals surface area contributed by atoms with E-state index in [-0.39, 0.29) is 42.1 Å². The predicted molar refractivity (Wildman–Crippen MR) is 240 cm³/mol. The third-order valence-electron chi connectivity index (χ3n) is 13.3. The maximum atomic E-state index is 14.0. The molecule has 3 N–H and O–H groups in total. The molecule has 1 amide bonds. The zero-order chi connectivity index (χ0) is 44.0. The molecule has 5 heterocycles. The molecule has 2 atom stereocenters. The Morgan fingerprint density at radius 3 is 2.60 bits per heavy atom. The Bertz CT molecular complexity index is 2630. The van der Waals surface area contributed by atoms with E-state index in [2.05, 4.69) is 67.9 Å². The van der Waals surface area contributed by atoms with E-state index in [1.807, 2.05) is 26.0 Å². The Morgan fingerprint density at radius 2 is 1.84 bits per heavy atom. The van der Waals surface area contributed by atoms with Gasteiger partial charge >= 0.3 is 0 Å². The third kappa shape index (κ3) is 8.68. The Balaban J connectivity index is 0.920. The summed E-state index contributed by atoms with van der Waals surface area (Å²) in [6.45, 7) is 11.5. The number of piperidine rings is 1. The molecular formula is C47H55N7O8S. The fraction of sp³-hybridized carbons (Fsp3) is 0.447. The zero-order valence-corrected chi connectivity index (χ0v) is 37.0. The highest BCUT2D eigenvalue weighted by molar-refractivity contribution is 7.90. The smallest absolute Gasteiger partial charge is 0.297 e. The van der Waals surface area contributed by atoms with Crippen molar-refractivity contribution in [2.75, 3.05) is 43.1 Å². The van der Waals surface area contributed by atoms with Crippen molar-refractivity contribution in [3.63, 3.8) is 0 Å². The lowest BCUT2D eigenvalue weighted by Gasteiger charge is -2.56. The molecule has 1 aliphatic carbocycles. The topological polar surface area (TPSA) is 181 Å². The second kappa shape index (κ2) is 17.1. The summed E-state index contributed by atoms with van der Waals surface area (Å²) in [4.78, 5) is 37.6. The summed E-state index contributed by atoms with van der Waals surface area (Å²) in [7, 11) is -4.64. The number of H-pyrrole nitrogens is 1. The first-order valence-electron chi connectivity index (χ1n) is 22.0. The number of nitro groups is 1. The van der Waals surface area contributed by atoms with Gasteiger partial charge in [-0.1, -0.05) is 38.1 Å². The molecule has 3 aromatic carbocycles. The average Bonchev–Trinajstić information content (AvgIpc) is 3.94. The minimum absolute atomic E-state index is 0.0211. The standard InChI is InChI=1S/C47H55N7O8S/c1-29(2)37-8-5-6-9-38(37)40-10-7-17-53(40)34-24-47(25-34)14-18-52(19-15-47)33-11-12-39(42(21-33)62-35-20-31-13-16-48-45(31)49-26-35)46(55)51-63(58,59)36-22-41(54(56)57)44-43(23-36)61-28-32(50-44)27-60-30(3)4/h5-6,8-9,11-13,16,20-23,26,29-30,32,34,40,50H,7,10,14-15,17-19,24-25,27-28H2,1-4H3,(H,48,49)(H,51,55). The van der Waals surface area contributed by atoms with Crippen molar-refractivity contribution in [1.29, 1.82) is 0 Å². The van der Waals surface area contributed by atoms with Crippen LogP contribution in [-0.4, -0.2) is 85.2 Å². The minimum atomic E-state index is -4.64. The highest BCUT2D eigenvalue weighted by Gasteiger charge is 2.50. The van der Waals surface area contributed by atoms with Crippen LogP contribution in [0.3, 0.4) is 0 Å². The van der Waals surface area contributed by atoms with E-state index in [9.17, 15) is 23.3 Å². The van der Waals surface area contributed by atoms with Gasteiger partial charge in [0.2, 0.25) is 0 Å². The van der Waals surface area contributed by atoms with E-state index in [0.29, 0.717) is 34.8 Å². The quantitative estimate of drug-likeness (QED) is 0.0758. The Morgan fingerprint density at radius 1 is 1.05 bits per heavy atom. The van der Waals surface area contributed by atoms with Gasteiger partial charge in [0, 0.05) is 60.6 Å². The minimum Gasteiger partial charge on any atom is -0.489 e. The molecule has 2 unspecified atom stereocenters. The van der Waals surface area contributed by atoms with Crippen molar-refractivity contribution in [2.45, 2.75) is 101 Å². The van der Waals surface area contributed by atoms with E-state index >= 15 is 0 Å². The summed E-state index contributed by atoms with van der Waals surface area (Å²) in [5.41, 5.74) is 4.26. The van der Waals surface area contributed by atoms with Crippen LogP contribution < -0.4 is 24.4 Å².